The van der Waals surface area contributed by atoms with Gasteiger partial charge in [0.05, 0.1) is 43.4 Å². The molecule has 2 N–H and O–H groups in total. The first-order valence-electron chi connectivity index (χ1n) is 11.5. The highest BCUT2D eigenvalue weighted by Gasteiger charge is 2.46. The number of carbonyl (C=O) groups excluding carboxylic acids is 2. The van der Waals surface area contributed by atoms with Crippen molar-refractivity contribution >= 4 is 27.5 Å². The van der Waals surface area contributed by atoms with Crippen LogP contribution >= 0.6 is 0 Å². The maximum absolute atomic E-state index is 13.1. The maximum atomic E-state index is 13.1. The SMILES string of the molecule is COCCN1C(=O)C(=O)C(=C(O)c2ccc(S(=O)(=O)N3CCOCC3)cc2)[C@@H]1c1ccc(O)c(OC)c1. The molecule has 2 heterocycles. The van der Waals surface area contributed by atoms with E-state index >= 15 is 0 Å². The van der Waals surface area contributed by atoms with Gasteiger partial charge in [-0.1, -0.05) is 6.07 Å². The number of phenols is 1. The molecule has 4 rings (SSSR count). The minimum absolute atomic E-state index is 0.0336. The number of hydrogen-bond donors (Lipinski definition) is 2. The van der Waals surface area contributed by atoms with E-state index in [1.807, 2.05) is 0 Å². The van der Waals surface area contributed by atoms with Crippen molar-refractivity contribution in [1.29, 1.82) is 0 Å². The number of ketones is 1. The average molecular weight is 533 g/mol. The van der Waals surface area contributed by atoms with E-state index in [2.05, 4.69) is 0 Å². The summed E-state index contributed by atoms with van der Waals surface area (Å²) in [7, 11) is -0.924. The fourth-order valence-corrected chi connectivity index (χ4v) is 5.80. The summed E-state index contributed by atoms with van der Waals surface area (Å²) in [5, 5.41) is 21.2. The van der Waals surface area contributed by atoms with Gasteiger partial charge in [0.15, 0.2) is 11.5 Å². The summed E-state index contributed by atoms with van der Waals surface area (Å²) in [6.45, 7) is 1.32. The Balaban J connectivity index is 1.76. The second kappa shape index (κ2) is 10.9. The summed E-state index contributed by atoms with van der Waals surface area (Å²) in [4.78, 5) is 27.3. The number of benzene rings is 2. The van der Waals surface area contributed by atoms with E-state index in [9.17, 15) is 28.2 Å². The predicted molar refractivity (Wildman–Crippen MR) is 132 cm³/mol. The number of Topliss-reactive ketones (excluding diaryl/α,β-unsaturated/α-hetero) is 1. The number of aromatic hydroxyl groups is 1. The minimum Gasteiger partial charge on any atom is -0.507 e. The van der Waals surface area contributed by atoms with Crippen LogP contribution in [0.2, 0.25) is 0 Å². The van der Waals surface area contributed by atoms with Crippen molar-refractivity contribution in [2.75, 3.05) is 53.7 Å². The third-order valence-electron chi connectivity index (χ3n) is 6.33. The van der Waals surface area contributed by atoms with Crippen LogP contribution in [0.15, 0.2) is 52.9 Å². The third-order valence-corrected chi connectivity index (χ3v) is 8.24. The molecule has 2 aliphatic heterocycles. The predicted octanol–water partition coefficient (Wildman–Crippen LogP) is 1.49. The summed E-state index contributed by atoms with van der Waals surface area (Å²) < 4.78 is 42.7. The zero-order valence-corrected chi connectivity index (χ0v) is 21.2. The van der Waals surface area contributed by atoms with Crippen LogP contribution in [-0.2, 0) is 29.1 Å². The Morgan fingerprint density at radius 3 is 2.38 bits per heavy atom. The van der Waals surface area contributed by atoms with Crippen LogP contribution in [0.3, 0.4) is 0 Å². The van der Waals surface area contributed by atoms with Gasteiger partial charge < -0.3 is 29.3 Å². The molecule has 1 amide bonds. The molecule has 2 aromatic carbocycles. The van der Waals surface area contributed by atoms with Crippen molar-refractivity contribution in [2.24, 2.45) is 0 Å². The van der Waals surface area contributed by atoms with Gasteiger partial charge in [-0.05, 0) is 42.0 Å². The average Bonchev–Trinajstić information content (AvgIpc) is 3.17. The van der Waals surface area contributed by atoms with Gasteiger partial charge in [0, 0.05) is 32.3 Å². The molecule has 0 aromatic heterocycles. The lowest BCUT2D eigenvalue weighted by Gasteiger charge is -2.26. The number of aliphatic hydroxyl groups excluding tert-OH is 1. The zero-order valence-electron chi connectivity index (χ0n) is 20.4. The molecule has 2 aromatic rings. The summed E-state index contributed by atoms with van der Waals surface area (Å²) in [6, 6.07) is 8.87. The molecule has 0 spiro atoms. The Morgan fingerprint density at radius 2 is 1.76 bits per heavy atom. The van der Waals surface area contributed by atoms with Crippen molar-refractivity contribution in [3.63, 3.8) is 0 Å². The van der Waals surface area contributed by atoms with Crippen LogP contribution in [0.4, 0.5) is 0 Å². The monoisotopic (exact) mass is 532 g/mol. The molecule has 11 nitrogen and oxygen atoms in total. The van der Waals surface area contributed by atoms with Crippen LogP contribution in [0.1, 0.15) is 17.2 Å². The Hall–Kier alpha value is -3.45. The number of amides is 1. The lowest BCUT2D eigenvalue weighted by atomic mass is 9.95. The smallest absolute Gasteiger partial charge is 0.295 e. The van der Waals surface area contributed by atoms with E-state index in [1.54, 1.807) is 0 Å². The number of hydrogen-bond acceptors (Lipinski definition) is 9. The van der Waals surface area contributed by atoms with E-state index in [0.717, 1.165) is 0 Å². The second-order valence-corrected chi connectivity index (χ2v) is 10.4. The van der Waals surface area contributed by atoms with Gasteiger partial charge in [-0.15, -0.1) is 0 Å². The molecule has 0 radical (unpaired) electrons. The highest BCUT2D eigenvalue weighted by atomic mass is 32.2. The topological polar surface area (TPSA) is 143 Å². The van der Waals surface area contributed by atoms with Crippen molar-refractivity contribution in [1.82, 2.24) is 9.21 Å². The van der Waals surface area contributed by atoms with Crippen LogP contribution in [-0.4, -0.2) is 93.2 Å². The Labute approximate surface area is 214 Å². The molecule has 2 saturated heterocycles. The summed E-state index contributed by atoms with van der Waals surface area (Å²) in [5.41, 5.74) is 0.428. The minimum atomic E-state index is -3.75. The fraction of sp³-hybridized carbons (Fsp3) is 0.360. The number of carbonyl (C=O) groups is 2. The standard InChI is InChI=1S/C25H28N2O9S/c1-34-12-11-27-22(17-5-8-19(28)20(15-17)35-2)21(24(30)25(27)31)23(29)16-3-6-18(7-4-16)37(32,33)26-9-13-36-14-10-26/h3-8,15,22,28-29H,9-14H2,1-2H3/t22-/m0/s1. The molecular formula is C25H28N2O9S. The van der Waals surface area contributed by atoms with Crippen LogP contribution in [0.5, 0.6) is 11.5 Å². The number of rotatable bonds is 8. The molecule has 12 heteroatoms. The molecule has 0 unspecified atom stereocenters. The lowest BCUT2D eigenvalue weighted by molar-refractivity contribution is -0.140. The van der Waals surface area contributed by atoms with Gasteiger partial charge in [0.25, 0.3) is 11.7 Å². The van der Waals surface area contributed by atoms with E-state index in [1.165, 1.54) is 65.9 Å². The first-order valence-corrected chi connectivity index (χ1v) is 13.0. The summed E-state index contributed by atoms with van der Waals surface area (Å²) in [5.74, 6) is -2.16. The zero-order chi connectivity index (χ0) is 26.7. The van der Waals surface area contributed by atoms with Crippen molar-refractivity contribution < 1.29 is 42.4 Å². The highest BCUT2D eigenvalue weighted by Crippen LogP contribution is 2.41. The molecule has 37 heavy (non-hydrogen) atoms. The van der Waals surface area contributed by atoms with Gasteiger partial charge in [0.1, 0.15) is 5.76 Å². The molecule has 198 valence electrons. The van der Waals surface area contributed by atoms with Gasteiger partial charge >= 0.3 is 0 Å². The molecule has 1 atom stereocenters. The number of aliphatic hydroxyl groups is 1. The van der Waals surface area contributed by atoms with Crippen LogP contribution in [0, 0.1) is 0 Å². The van der Waals surface area contributed by atoms with Crippen molar-refractivity contribution in [3.05, 3.63) is 59.2 Å². The quantitative estimate of drug-likeness (QED) is 0.294. The van der Waals surface area contributed by atoms with Crippen molar-refractivity contribution in [3.8, 4) is 11.5 Å². The molecular weight excluding hydrogens is 504 g/mol. The largest absolute Gasteiger partial charge is 0.507 e. The molecule has 0 saturated carbocycles. The lowest BCUT2D eigenvalue weighted by Crippen LogP contribution is -2.40. The maximum Gasteiger partial charge on any atom is 0.295 e. The van der Waals surface area contributed by atoms with E-state index < -0.39 is 33.5 Å². The summed E-state index contributed by atoms with van der Waals surface area (Å²) >= 11 is 0. The number of methoxy groups -OCH3 is 2. The van der Waals surface area contributed by atoms with Gasteiger partial charge in [-0.3, -0.25) is 9.59 Å². The number of likely N-dealkylation sites (tertiary alicyclic amines) is 1. The first kappa shape index (κ1) is 26.6. The van der Waals surface area contributed by atoms with Gasteiger partial charge in [0.2, 0.25) is 10.0 Å². The highest BCUT2D eigenvalue weighted by molar-refractivity contribution is 7.89. The molecule has 0 bridgehead atoms. The third kappa shape index (κ3) is 5.05. The van der Waals surface area contributed by atoms with E-state index in [-0.39, 0.29) is 53.8 Å². The fourth-order valence-electron chi connectivity index (χ4n) is 4.39. The first-order chi connectivity index (χ1) is 17.7. The second-order valence-electron chi connectivity index (χ2n) is 8.46. The van der Waals surface area contributed by atoms with E-state index in [0.29, 0.717) is 18.8 Å². The number of phenolic OH excluding ortho intramolecular Hbond substituents is 1. The normalized spacial score (nSPS) is 20.4. The number of ether oxygens (including phenoxy) is 3. The molecule has 2 aliphatic rings. The summed E-state index contributed by atoms with van der Waals surface area (Å²) in [6.07, 6.45) is 0. The molecule has 2 fully saturated rings. The number of sulfonamides is 1. The van der Waals surface area contributed by atoms with Gasteiger partial charge in [-0.25, -0.2) is 8.42 Å². The van der Waals surface area contributed by atoms with Crippen LogP contribution in [0.25, 0.3) is 5.76 Å². The Bertz CT molecular complexity index is 1320. The van der Waals surface area contributed by atoms with Crippen LogP contribution < -0.4 is 4.74 Å². The van der Waals surface area contributed by atoms with Crippen molar-refractivity contribution in [2.45, 2.75) is 10.9 Å². The Morgan fingerprint density at radius 1 is 1.08 bits per heavy atom. The number of nitrogens with zero attached hydrogens (tertiary/aromatic N) is 2. The molecule has 0 aliphatic carbocycles. The van der Waals surface area contributed by atoms with E-state index in [4.69, 9.17) is 14.2 Å². The number of morpholine rings is 1. The Kier molecular flexibility index (Phi) is 7.83. The van der Waals surface area contributed by atoms with Gasteiger partial charge in [-0.2, -0.15) is 4.31 Å².